The average molecular weight is 481 g/mol. The van der Waals surface area contributed by atoms with Gasteiger partial charge in [-0.3, -0.25) is 4.79 Å². The van der Waals surface area contributed by atoms with Crippen molar-refractivity contribution in [3.63, 3.8) is 0 Å². The van der Waals surface area contributed by atoms with Crippen molar-refractivity contribution < 1.29 is 31.5 Å². The van der Waals surface area contributed by atoms with E-state index in [9.17, 15) is 31.5 Å². The lowest BCUT2D eigenvalue weighted by atomic mass is 9.96. The lowest BCUT2D eigenvalue weighted by molar-refractivity contribution is -0.137. The maximum absolute atomic E-state index is 13.0. The highest BCUT2D eigenvalue weighted by atomic mass is 32.2. The third-order valence-corrected chi connectivity index (χ3v) is 8.75. The number of amides is 1. The summed E-state index contributed by atoms with van der Waals surface area (Å²) in [6.45, 7) is 2.51. The average Bonchev–Trinajstić information content (AvgIpc) is 3.31. The van der Waals surface area contributed by atoms with Crippen LogP contribution in [0.25, 0.3) is 0 Å². The monoisotopic (exact) mass is 480 g/mol. The van der Waals surface area contributed by atoms with E-state index in [1.54, 1.807) is 29.2 Å². The number of sulfone groups is 1. The first-order valence-corrected chi connectivity index (χ1v) is 12.5. The first-order chi connectivity index (χ1) is 15.4. The molecule has 0 aliphatic carbocycles. The number of aliphatic hydroxyl groups is 1. The number of hydrogen-bond donors (Lipinski definition) is 1. The standard InChI is InChI=1S/C23H23F3N2O4S/c24-23(25,26)19-5-7-20(8-6-19)27-9-16-11-28(12-17(16)10-27)21(29)15-1-3-18(4-2-15)22(30)13-33(31,32)14-22/h1-8,16-17,30H,9-14H2. The summed E-state index contributed by atoms with van der Waals surface area (Å²) in [6, 6.07) is 11.6. The fourth-order valence-corrected chi connectivity index (χ4v) is 6.89. The molecule has 0 spiro atoms. The van der Waals surface area contributed by atoms with Gasteiger partial charge in [0.15, 0.2) is 9.84 Å². The van der Waals surface area contributed by atoms with Crippen molar-refractivity contribution in [1.29, 1.82) is 0 Å². The Kier molecular flexibility index (Phi) is 5.02. The first kappa shape index (κ1) is 22.2. The van der Waals surface area contributed by atoms with Crippen LogP contribution in [0, 0.1) is 11.8 Å². The maximum atomic E-state index is 13.0. The summed E-state index contributed by atoms with van der Waals surface area (Å²) in [7, 11) is -3.20. The highest BCUT2D eigenvalue weighted by Crippen LogP contribution is 2.37. The molecule has 2 unspecified atom stereocenters. The van der Waals surface area contributed by atoms with Crippen LogP contribution < -0.4 is 4.90 Å². The van der Waals surface area contributed by atoms with Gasteiger partial charge in [0.25, 0.3) is 5.91 Å². The fourth-order valence-electron chi connectivity index (χ4n) is 5.19. The number of fused-ring (bicyclic) bond motifs is 1. The summed E-state index contributed by atoms with van der Waals surface area (Å²) in [5.41, 5.74) is -0.336. The predicted molar refractivity (Wildman–Crippen MR) is 116 cm³/mol. The zero-order valence-corrected chi connectivity index (χ0v) is 18.4. The van der Waals surface area contributed by atoms with Crippen molar-refractivity contribution in [3.8, 4) is 0 Å². The van der Waals surface area contributed by atoms with Crippen LogP contribution in [0.3, 0.4) is 0 Å². The van der Waals surface area contributed by atoms with Crippen LogP contribution in [0.1, 0.15) is 21.5 Å². The smallest absolute Gasteiger partial charge is 0.383 e. The van der Waals surface area contributed by atoms with Gasteiger partial charge in [0.1, 0.15) is 5.60 Å². The minimum atomic E-state index is -4.35. The van der Waals surface area contributed by atoms with E-state index in [1.165, 1.54) is 12.1 Å². The summed E-state index contributed by atoms with van der Waals surface area (Å²) in [5.74, 6) is -0.241. The van der Waals surface area contributed by atoms with Crippen LogP contribution in [0.2, 0.25) is 0 Å². The lowest BCUT2D eigenvalue weighted by Crippen LogP contribution is -2.52. The molecule has 5 rings (SSSR count). The molecule has 1 N–H and O–H groups in total. The molecule has 0 bridgehead atoms. The SMILES string of the molecule is O=C(c1ccc(C2(O)CS(=O)(=O)C2)cc1)N1CC2CN(c3ccc(C(F)(F)F)cc3)CC2C1. The molecule has 1 amide bonds. The van der Waals surface area contributed by atoms with Crippen LogP contribution in [-0.4, -0.2) is 62.0 Å². The van der Waals surface area contributed by atoms with Gasteiger partial charge in [0, 0.05) is 49.3 Å². The van der Waals surface area contributed by atoms with Crippen molar-refractivity contribution in [1.82, 2.24) is 4.90 Å². The van der Waals surface area contributed by atoms with Gasteiger partial charge in [0.2, 0.25) is 0 Å². The quantitative estimate of drug-likeness (QED) is 0.731. The number of halogens is 3. The summed E-state index contributed by atoms with van der Waals surface area (Å²) in [4.78, 5) is 16.8. The Hall–Kier alpha value is -2.59. The second kappa shape index (κ2) is 7.46. The van der Waals surface area contributed by atoms with E-state index < -0.39 is 27.2 Å². The van der Waals surface area contributed by atoms with Crippen LogP contribution in [0.5, 0.6) is 0 Å². The Labute approximate surface area is 189 Å². The van der Waals surface area contributed by atoms with Crippen LogP contribution in [0.4, 0.5) is 18.9 Å². The maximum Gasteiger partial charge on any atom is 0.416 e. The van der Waals surface area contributed by atoms with E-state index in [4.69, 9.17) is 0 Å². The molecule has 2 atom stereocenters. The van der Waals surface area contributed by atoms with Gasteiger partial charge in [-0.1, -0.05) is 12.1 Å². The van der Waals surface area contributed by atoms with Gasteiger partial charge in [-0.15, -0.1) is 0 Å². The van der Waals surface area contributed by atoms with Gasteiger partial charge >= 0.3 is 6.18 Å². The molecular formula is C23H23F3N2O4S. The molecule has 0 radical (unpaired) electrons. The third-order valence-electron chi connectivity index (χ3n) is 6.92. The molecule has 3 saturated heterocycles. The number of nitrogens with zero attached hydrogens (tertiary/aromatic N) is 2. The van der Waals surface area contributed by atoms with Crippen molar-refractivity contribution in [2.45, 2.75) is 11.8 Å². The number of alkyl halides is 3. The van der Waals surface area contributed by atoms with Gasteiger partial charge in [-0.05, 0) is 42.0 Å². The third kappa shape index (κ3) is 4.10. The number of rotatable bonds is 3. The molecule has 0 aromatic heterocycles. The number of hydrogen-bond acceptors (Lipinski definition) is 5. The normalized spacial score (nSPS) is 25.6. The van der Waals surface area contributed by atoms with E-state index in [-0.39, 0.29) is 29.2 Å². The van der Waals surface area contributed by atoms with Gasteiger partial charge in [-0.2, -0.15) is 13.2 Å². The molecule has 10 heteroatoms. The molecule has 6 nitrogen and oxygen atoms in total. The van der Waals surface area contributed by atoms with Gasteiger partial charge in [-0.25, -0.2) is 8.42 Å². The number of likely N-dealkylation sites (tertiary alicyclic amines) is 1. The van der Waals surface area contributed by atoms with Gasteiger partial charge in [0.05, 0.1) is 17.1 Å². The molecule has 0 saturated carbocycles. The van der Waals surface area contributed by atoms with Crippen molar-refractivity contribution >= 4 is 21.4 Å². The minimum Gasteiger partial charge on any atom is -0.383 e. The van der Waals surface area contributed by atoms with Crippen LogP contribution in [0.15, 0.2) is 48.5 Å². The molecule has 3 aliphatic rings. The Morgan fingerprint density at radius 1 is 0.909 bits per heavy atom. The van der Waals surface area contributed by atoms with Gasteiger partial charge < -0.3 is 14.9 Å². The van der Waals surface area contributed by atoms with E-state index in [0.29, 0.717) is 37.3 Å². The molecule has 3 heterocycles. The number of carbonyl (C=O) groups excluding carboxylic acids is 1. The van der Waals surface area contributed by atoms with E-state index in [1.807, 2.05) is 0 Å². The van der Waals surface area contributed by atoms with E-state index in [0.717, 1.165) is 17.8 Å². The van der Waals surface area contributed by atoms with E-state index in [2.05, 4.69) is 4.90 Å². The lowest BCUT2D eigenvalue weighted by Gasteiger charge is -2.36. The Bertz CT molecular complexity index is 1150. The fraction of sp³-hybridized carbons (Fsp3) is 0.435. The topological polar surface area (TPSA) is 77.9 Å². The van der Waals surface area contributed by atoms with Crippen LogP contribution in [-0.2, 0) is 21.6 Å². The Balaban J connectivity index is 1.20. The highest BCUT2D eigenvalue weighted by molar-refractivity contribution is 7.92. The first-order valence-electron chi connectivity index (χ1n) is 10.7. The highest BCUT2D eigenvalue weighted by Gasteiger charge is 2.48. The molecule has 3 aliphatic heterocycles. The summed E-state index contributed by atoms with van der Waals surface area (Å²) in [6.07, 6.45) is -4.35. The summed E-state index contributed by atoms with van der Waals surface area (Å²) < 4.78 is 61.2. The van der Waals surface area contributed by atoms with Crippen molar-refractivity contribution in [2.75, 3.05) is 42.6 Å². The Morgan fingerprint density at radius 3 is 1.94 bits per heavy atom. The second-order valence-electron chi connectivity index (χ2n) is 9.32. The molecule has 33 heavy (non-hydrogen) atoms. The van der Waals surface area contributed by atoms with Crippen molar-refractivity contribution in [2.24, 2.45) is 11.8 Å². The van der Waals surface area contributed by atoms with E-state index >= 15 is 0 Å². The molecule has 3 fully saturated rings. The van der Waals surface area contributed by atoms with Crippen LogP contribution >= 0.6 is 0 Å². The predicted octanol–water partition coefficient (Wildman–Crippen LogP) is 2.53. The number of benzene rings is 2. The second-order valence-corrected chi connectivity index (χ2v) is 11.4. The summed E-state index contributed by atoms with van der Waals surface area (Å²) in [5, 5.41) is 10.4. The largest absolute Gasteiger partial charge is 0.416 e. The number of anilines is 1. The molecule has 2 aromatic rings. The number of carbonyl (C=O) groups is 1. The van der Waals surface area contributed by atoms with Crippen molar-refractivity contribution in [3.05, 3.63) is 65.2 Å². The summed E-state index contributed by atoms with van der Waals surface area (Å²) >= 11 is 0. The zero-order chi connectivity index (χ0) is 23.6. The minimum absolute atomic E-state index is 0.120. The molecular weight excluding hydrogens is 457 g/mol. The molecule has 2 aromatic carbocycles. The Morgan fingerprint density at radius 2 is 1.45 bits per heavy atom. The zero-order valence-electron chi connectivity index (χ0n) is 17.6. The molecule has 176 valence electrons.